The van der Waals surface area contributed by atoms with E-state index in [1.54, 1.807) is 7.11 Å². The lowest BCUT2D eigenvalue weighted by Crippen LogP contribution is -1.97. The molecule has 0 saturated heterocycles. The molecular weight excluding hydrogens is 250 g/mol. The lowest BCUT2D eigenvalue weighted by atomic mass is 10.1. The van der Waals surface area contributed by atoms with Crippen molar-refractivity contribution in [3.05, 3.63) is 59.8 Å². The van der Waals surface area contributed by atoms with Crippen molar-refractivity contribution < 1.29 is 9.47 Å². The average molecular weight is 267 g/mol. The number of aromatic amines is 1. The molecule has 20 heavy (non-hydrogen) atoms. The third kappa shape index (κ3) is 2.35. The summed E-state index contributed by atoms with van der Waals surface area (Å²) in [5.74, 6) is 1.52. The molecule has 0 aliphatic heterocycles. The second-order valence-electron chi connectivity index (χ2n) is 4.79. The maximum atomic E-state index is 5.91. The molecule has 0 amide bonds. The van der Waals surface area contributed by atoms with Gasteiger partial charge in [0.15, 0.2) is 11.5 Å². The summed E-state index contributed by atoms with van der Waals surface area (Å²) in [5.41, 5.74) is 3.40. The molecule has 3 aromatic rings. The molecule has 0 spiro atoms. The van der Waals surface area contributed by atoms with E-state index in [2.05, 4.69) is 11.9 Å². The SMILES string of the molecule is COc1cc2[nH]cc(C)c2cc1OCc1ccccc1. The van der Waals surface area contributed by atoms with Crippen LogP contribution in [0, 0.1) is 6.92 Å². The fraction of sp³-hybridized carbons (Fsp3) is 0.176. The number of fused-ring (bicyclic) bond motifs is 1. The van der Waals surface area contributed by atoms with Crippen molar-refractivity contribution in [1.29, 1.82) is 0 Å². The van der Waals surface area contributed by atoms with Crippen molar-refractivity contribution in [3.8, 4) is 11.5 Å². The Morgan fingerprint density at radius 2 is 1.85 bits per heavy atom. The summed E-state index contributed by atoms with van der Waals surface area (Å²) >= 11 is 0. The Bertz CT molecular complexity index is 716. The van der Waals surface area contributed by atoms with Gasteiger partial charge in [0, 0.05) is 23.2 Å². The Labute approximate surface area is 118 Å². The van der Waals surface area contributed by atoms with Crippen LogP contribution in [0.15, 0.2) is 48.7 Å². The molecule has 102 valence electrons. The number of hydrogen-bond acceptors (Lipinski definition) is 2. The van der Waals surface area contributed by atoms with Crippen LogP contribution in [0.4, 0.5) is 0 Å². The quantitative estimate of drug-likeness (QED) is 0.773. The first kappa shape index (κ1) is 12.6. The normalized spacial score (nSPS) is 10.7. The van der Waals surface area contributed by atoms with Crippen molar-refractivity contribution >= 4 is 10.9 Å². The Kier molecular flexibility index (Phi) is 3.33. The van der Waals surface area contributed by atoms with E-state index in [9.17, 15) is 0 Å². The number of rotatable bonds is 4. The van der Waals surface area contributed by atoms with Gasteiger partial charge in [0.05, 0.1) is 7.11 Å². The van der Waals surface area contributed by atoms with Crippen LogP contribution in [0.25, 0.3) is 10.9 Å². The van der Waals surface area contributed by atoms with E-state index in [4.69, 9.17) is 9.47 Å². The molecule has 1 aromatic heterocycles. The molecule has 1 N–H and O–H groups in total. The van der Waals surface area contributed by atoms with Crippen molar-refractivity contribution in [2.24, 2.45) is 0 Å². The summed E-state index contributed by atoms with van der Waals surface area (Å²) < 4.78 is 11.3. The molecule has 0 unspecified atom stereocenters. The third-order valence-corrected chi connectivity index (χ3v) is 3.41. The Balaban J connectivity index is 1.91. The highest BCUT2D eigenvalue weighted by Crippen LogP contribution is 2.33. The first-order valence-corrected chi connectivity index (χ1v) is 6.60. The van der Waals surface area contributed by atoms with E-state index in [0.717, 1.165) is 28.0 Å². The molecule has 0 bridgehead atoms. The second-order valence-corrected chi connectivity index (χ2v) is 4.79. The topological polar surface area (TPSA) is 34.2 Å². The fourth-order valence-corrected chi connectivity index (χ4v) is 2.28. The Hall–Kier alpha value is -2.42. The molecule has 0 atom stereocenters. The van der Waals surface area contributed by atoms with Gasteiger partial charge in [-0.3, -0.25) is 0 Å². The highest BCUT2D eigenvalue weighted by molar-refractivity contribution is 5.86. The van der Waals surface area contributed by atoms with E-state index < -0.39 is 0 Å². The largest absolute Gasteiger partial charge is 0.493 e. The standard InChI is InChI=1S/C17H17NO2/c1-12-10-18-15-9-16(19-2)17(8-14(12)15)20-11-13-6-4-3-5-7-13/h3-10,18H,11H2,1-2H3. The van der Waals surface area contributed by atoms with Crippen LogP contribution in [0.1, 0.15) is 11.1 Å². The number of methoxy groups -OCH3 is 1. The summed E-state index contributed by atoms with van der Waals surface area (Å²) in [6, 6.07) is 14.1. The maximum absolute atomic E-state index is 5.91. The molecule has 2 aromatic carbocycles. The number of aromatic nitrogens is 1. The van der Waals surface area contributed by atoms with E-state index in [0.29, 0.717) is 6.61 Å². The molecule has 0 aliphatic rings. The van der Waals surface area contributed by atoms with Gasteiger partial charge in [-0.1, -0.05) is 30.3 Å². The average Bonchev–Trinajstić information content (AvgIpc) is 2.86. The van der Waals surface area contributed by atoms with Gasteiger partial charge in [0.1, 0.15) is 6.61 Å². The van der Waals surface area contributed by atoms with Crippen molar-refractivity contribution in [3.63, 3.8) is 0 Å². The smallest absolute Gasteiger partial charge is 0.162 e. The van der Waals surface area contributed by atoms with Crippen LogP contribution in [0.5, 0.6) is 11.5 Å². The van der Waals surface area contributed by atoms with Gasteiger partial charge >= 0.3 is 0 Å². The molecule has 3 heteroatoms. The number of benzene rings is 2. The minimum atomic E-state index is 0.534. The van der Waals surface area contributed by atoms with Gasteiger partial charge < -0.3 is 14.5 Å². The van der Waals surface area contributed by atoms with Gasteiger partial charge in [-0.25, -0.2) is 0 Å². The summed E-state index contributed by atoms with van der Waals surface area (Å²) in [4.78, 5) is 3.23. The molecule has 0 fully saturated rings. The molecule has 0 aliphatic carbocycles. The number of H-pyrrole nitrogens is 1. The van der Waals surface area contributed by atoms with Crippen LogP contribution >= 0.6 is 0 Å². The van der Waals surface area contributed by atoms with E-state index in [1.807, 2.05) is 48.7 Å². The van der Waals surface area contributed by atoms with E-state index in [-0.39, 0.29) is 0 Å². The van der Waals surface area contributed by atoms with E-state index >= 15 is 0 Å². The van der Waals surface area contributed by atoms with Gasteiger partial charge in [-0.2, -0.15) is 0 Å². The number of hydrogen-bond donors (Lipinski definition) is 1. The summed E-state index contributed by atoms with van der Waals surface area (Å²) in [5, 5.41) is 1.16. The van der Waals surface area contributed by atoms with E-state index in [1.165, 1.54) is 5.56 Å². The van der Waals surface area contributed by atoms with Crippen molar-refractivity contribution in [1.82, 2.24) is 4.98 Å². The molecular formula is C17H17NO2. The van der Waals surface area contributed by atoms with Gasteiger partial charge in [-0.15, -0.1) is 0 Å². The first-order chi connectivity index (χ1) is 9.78. The van der Waals surface area contributed by atoms with Gasteiger partial charge in [0.2, 0.25) is 0 Å². The maximum Gasteiger partial charge on any atom is 0.162 e. The predicted molar refractivity (Wildman–Crippen MR) is 80.4 cm³/mol. The summed E-state index contributed by atoms with van der Waals surface area (Å²) in [7, 11) is 1.66. The molecule has 0 saturated carbocycles. The van der Waals surface area contributed by atoms with Crippen LogP contribution in [-0.4, -0.2) is 12.1 Å². The monoisotopic (exact) mass is 267 g/mol. The number of aryl methyl sites for hydroxylation is 1. The van der Waals surface area contributed by atoms with Crippen LogP contribution in [-0.2, 0) is 6.61 Å². The molecule has 3 rings (SSSR count). The Morgan fingerprint density at radius 1 is 1.05 bits per heavy atom. The fourth-order valence-electron chi connectivity index (χ4n) is 2.28. The first-order valence-electron chi connectivity index (χ1n) is 6.60. The second kappa shape index (κ2) is 5.29. The lowest BCUT2D eigenvalue weighted by molar-refractivity contribution is 0.285. The van der Waals surface area contributed by atoms with Gasteiger partial charge in [-0.05, 0) is 24.1 Å². The molecule has 1 heterocycles. The summed E-state index contributed by atoms with van der Waals surface area (Å²) in [6.07, 6.45) is 1.99. The summed E-state index contributed by atoms with van der Waals surface area (Å²) in [6.45, 7) is 2.61. The van der Waals surface area contributed by atoms with Gasteiger partial charge in [0.25, 0.3) is 0 Å². The number of nitrogens with one attached hydrogen (secondary N) is 1. The highest BCUT2D eigenvalue weighted by Gasteiger charge is 2.09. The Morgan fingerprint density at radius 3 is 2.60 bits per heavy atom. The molecule has 3 nitrogen and oxygen atoms in total. The van der Waals surface area contributed by atoms with Crippen LogP contribution < -0.4 is 9.47 Å². The third-order valence-electron chi connectivity index (χ3n) is 3.41. The molecule has 0 radical (unpaired) electrons. The number of ether oxygens (including phenoxy) is 2. The highest BCUT2D eigenvalue weighted by atomic mass is 16.5. The lowest BCUT2D eigenvalue weighted by Gasteiger charge is -2.11. The predicted octanol–water partition coefficient (Wildman–Crippen LogP) is 4.06. The zero-order valence-electron chi connectivity index (χ0n) is 11.6. The van der Waals surface area contributed by atoms with Crippen molar-refractivity contribution in [2.75, 3.05) is 7.11 Å². The zero-order valence-corrected chi connectivity index (χ0v) is 11.6. The van der Waals surface area contributed by atoms with Crippen molar-refractivity contribution in [2.45, 2.75) is 13.5 Å². The zero-order chi connectivity index (χ0) is 13.9. The minimum Gasteiger partial charge on any atom is -0.493 e. The van der Waals surface area contributed by atoms with Crippen LogP contribution in [0.2, 0.25) is 0 Å². The minimum absolute atomic E-state index is 0.534. The van der Waals surface area contributed by atoms with Crippen LogP contribution in [0.3, 0.4) is 0 Å².